The van der Waals surface area contributed by atoms with E-state index in [2.05, 4.69) is 19.9 Å². The summed E-state index contributed by atoms with van der Waals surface area (Å²) < 4.78 is 14.8. The average molecular weight is 390 g/mol. The molecule has 0 spiro atoms. The van der Waals surface area contributed by atoms with Crippen molar-refractivity contribution >= 4 is 23.5 Å². The third kappa shape index (κ3) is 3.77. The van der Waals surface area contributed by atoms with E-state index in [9.17, 15) is 4.39 Å². The summed E-state index contributed by atoms with van der Waals surface area (Å²) in [6.45, 7) is 0. The fraction of sp³-hybridized carbons (Fsp3) is 0. The van der Waals surface area contributed by atoms with Crippen LogP contribution in [-0.2, 0) is 0 Å². The van der Waals surface area contributed by atoms with Crippen LogP contribution in [0.2, 0.25) is 0 Å². The fourth-order valence-corrected chi connectivity index (χ4v) is 3.66. The van der Waals surface area contributed by atoms with E-state index < -0.39 is 0 Å². The molecule has 4 rings (SSSR count). The second-order valence-electron chi connectivity index (χ2n) is 5.90. The standard InChI is InChI=1S/C20H15FN6S/c21-16-7-12(5-6-14(16)13-9-24-20(23)25-10-13)15-3-1-2-4-17(15)28-19-8-18(22)26-11-27-19/h1-11H,(H2,22,26,27)(H2,23,24,25). The van der Waals surface area contributed by atoms with Gasteiger partial charge in [-0.3, -0.25) is 0 Å². The number of aromatic nitrogens is 4. The van der Waals surface area contributed by atoms with E-state index in [1.807, 2.05) is 30.3 Å². The third-order valence-corrected chi connectivity index (χ3v) is 5.04. The smallest absolute Gasteiger partial charge is 0.219 e. The Morgan fingerprint density at radius 3 is 2.32 bits per heavy atom. The molecule has 0 saturated heterocycles. The van der Waals surface area contributed by atoms with E-state index in [0.29, 0.717) is 16.9 Å². The first-order valence-corrected chi connectivity index (χ1v) is 9.14. The van der Waals surface area contributed by atoms with Gasteiger partial charge in [0, 0.05) is 34.5 Å². The van der Waals surface area contributed by atoms with Crippen molar-refractivity contribution in [1.29, 1.82) is 0 Å². The molecule has 0 saturated carbocycles. The Balaban J connectivity index is 1.70. The molecule has 138 valence electrons. The van der Waals surface area contributed by atoms with Crippen molar-refractivity contribution in [3.05, 3.63) is 73.1 Å². The maximum Gasteiger partial charge on any atom is 0.219 e. The van der Waals surface area contributed by atoms with Gasteiger partial charge >= 0.3 is 0 Å². The Morgan fingerprint density at radius 2 is 1.57 bits per heavy atom. The molecule has 8 heteroatoms. The highest BCUT2D eigenvalue weighted by Crippen LogP contribution is 2.36. The normalized spacial score (nSPS) is 10.8. The minimum Gasteiger partial charge on any atom is -0.384 e. The van der Waals surface area contributed by atoms with Gasteiger partial charge in [0.2, 0.25) is 5.95 Å². The number of benzene rings is 2. The third-order valence-electron chi connectivity index (χ3n) is 4.03. The van der Waals surface area contributed by atoms with Gasteiger partial charge in [0.25, 0.3) is 0 Å². The molecule has 0 aliphatic heterocycles. The summed E-state index contributed by atoms with van der Waals surface area (Å²) in [5, 5.41) is 0.719. The van der Waals surface area contributed by atoms with Gasteiger partial charge in [0.15, 0.2) is 0 Å². The topological polar surface area (TPSA) is 104 Å². The molecule has 4 aromatic rings. The van der Waals surface area contributed by atoms with Gasteiger partial charge in [-0.15, -0.1) is 0 Å². The molecule has 2 aromatic carbocycles. The molecule has 0 bridgehead atoms. The van der Waals surface area contributed by atoms with Gasteiger partial charge in [0.05, 0.1) is 0 Å². The first-order chi connectivity index (χ1) is 13.6. The molecule has 2 heterocycles. The summed E-state index contributed by atoms with van der Waals surface area (Å²) in [4.78, 5) is 16.9. The highest BCUT2D eigenvalue weighted by atomic mass is 32.2. The van der Waals surface area contributed by atoms with Crippen molar-refractivity contribution in [2.24, 2.45) is 0 Å². The summed E-state index contributed by atoms with van der Waals surface area (Å²) >= 11 is 1.44. The van der Waals surface area contributed by atoms with Gasteiger partial charge in [-0.25, -0.2) is 24.3 Å². The Labute approximate surface area is 164 Å². The summed E-state index contributed by atoms with van der Waals surface area (Å²) in [6, 6.07) is 14.5. The molecule has 6 nitrogen and oxygen atoms in total. The molecule has 0 unspecified atom stereocenters. The van der Waals surface area contributed by atoms with Crippen molar-refractivity contribution in [3.8, 4) is 22.3 Å². The number of nitrogens with zero attached hydrogens (tertiary/aromatic N) is 4. The quantitative estimate of drug-likeness (QED) is 0.507. The van der Waals surface area contributed by atoms with Crippen LogP contribution in [0, 0.1) is 5.82 Å². The molecular weight excluding hydrogens is 375 g/mol. The number of anilines is 2. The molecular formula is C20H15FN6S. The molecule has 28 heavy (non-hydrogen) atoms. The Hall–Kier alpha value is -3.52. The Kier molecular flexibility index (Phi) is 4.86. The molecule has 0 radical (unpaired) electrons. The highest BCUT2D eigenvalue weighted by molar-refractivity contribution is 7.99. The van der Waals surface area contributed by atoms with Crippen LogP contribution in [-0.4, -0.2) is 19.9 Å². The zero-order valence-corrected chi connectivity index (χ0v) is 15.4. The molecule has 2 aromatic heterocycles. The van der Waals surface area contributed by atoms with E-state index in [0.717, 1.165) is 21.0 Å². The van der Waals surface area contributed by atoms with Gasteiger partial charge in [0.1, 0.15) is 23.0 Å². The molecule has 0 atom stereocenters. The summed E-state index contributed by atoms with van der Waals surface area (Å²) in [5.74, 6) is 0.185. The maximum absolute atomic E-state index is 14.8. The number of hydrogen-bond acceptors (Lipinski definition) is 7. The largest absolute Gasteiger partial charge is 0.384 e. The van der Waals surface area contributed by atoms with Crippen LogP contribution in [0.15, 0.2) is 77.2 Å². The molecule has 0 aliphatic carbocycles. The molecule has 0 fully saturated rings. The number of nitrogen functional groups attached to an aromatic ring is 2. The van der Waals surface area contributed by atoms with Crippen LogP contribution in [0.1, 0.15) is 0 Å². The van der Waals surface area contributed by atoms with Gasteiger partial charge in [-0.05, 0) is 23.3 Å². The maximum atomic E-state index is 14.8. The number of rotatable bonds is 4. The van der Waals surface area contributed by atoms with E-state index in [1.54, 1.807) is 12.1 Å². The molecule has 0 amide bonds. The minimum absolute atomic E-state index is 0.150. The van der Waals surface area contributed by atoms with Crippen molar-refractivity contribution in [3.63, 3.8) is 0 Å². The van der Waals surface area contributed by atoms with Crippen LogP contribution < -0.4 is 11.5 Å². The zero-order valence-electron chi connectivity index (χ0n) is 14.6. The molecule has 4 N–H and O–H groups in total. The van der Waals surface area contributed by atoms with E-state index in [4.69, 9.17) is 11.5 Å². The number of hydrogen-bond donors (Lipinski definition) is 2. The second-order valence-corrected chi connectivity index (χ2v) is 6.97. The lowest BCUT2D eigenvalue weighted by atomic mass is 10.0. The Morgan fingerprint density at radius 1 is 0.786 bits per heavy atom. The highest BCUT2D eigenvalue weighted by Gasteiger charge is 2.12. The second kappa shape index (κ2) is 7.61. The van der Waals surface area contributed by atoms with Crippen LogP contribution >= 0.6 is 11.8 Å². The predicted molar refractivity (Wildman–Crippen MR) is 108 cm³/mol. The monoisotopic (exact) mass is 390 g/mol. The van der Waals surface area contributed by atoms with Crippen molar-refractivity contribution in [2.45, 2.75) is 9.92 Å². The van der Waals surface area contributed by atoms with Crippen LogP contribution in [0.4, 0.5) is 16.2 Å². The first kappa shape index (κ1) is 17.9. The van der Waals surface area contributed by atoms with Crippen LogP contribution in [0.3, 0.4) is 0 Å². The molecule has 0 aliphatic rings. The average Bonchev–Trinajstić information content (AvgIpc) is 2.69. The number of nitrogens with two attached hydrogens (primary N) is 2. The van der Waals surface area contributed by atoms with E-state index in [1.165, 1.54) is 36.5 Å². The minimum atomic E-state index is -0.364. The van der Waals surface area contributed by atoms with Gasteiger partial charge in [-0.1, -0.05) is 42.1 Å². The first-order valence-electron chi connectivity index (χ1n) is 8.32. The van der Waals surface area contributed by atoms with Gasteiger partial charge in [-0.2, -0.15) is 0 Å². The van der Waals surface area contributed by atoms with Gasteiger partial charge < -0.3 is 11.5 Å². The SMILES string of the molecule is Nc1cc(Sc2ccccc2-c2ccc(-c3cnc(N)nc3)c(F)c2)ncn1. The van der Waals surface area contributed by atoms with Crippen molar-refractivity contribution < 1.29 is 4.39 Å². The lowest BCUT2D eigenvalue weighted by Gasteiger charge is -2.11. The predicted octanol–water partition coefficient (Wildman–Crippen LogP) is 4.06. The summed E-state index contributed by atoms with van der Waals surface area (Å²) in [7, 11) is 0. The van der Waals surface area contributed by atoms with E-state index in [-0.39, 0.29) is 11.8 Å². The summed E-state index contributed by atoms with van der Waals surface area (Å²) in [6.07, 6.45) is 4.43. The van der Waals surface area contributed by atoms with E-state index >= 15 is 0 Å². The lowest BCUT2D eigenvalue weighted by Crippen LogP contribution is -1.95. The van der Waals surface area contributed by atoms with Crippen molar-refractivity contribution in [1.82, 2.24) is 19.9 Å². The summed E-state index contributed by atoms with van der Waals surface area (Å²) in [5.41, 5.74) is 13.9. The van der Waals surface area contributed by atoms with Crippen molar-refractivity contribution in [2.75, 3.05) is 11.5 Å². The zero-order chi connectivity index (χ0) is 19.5. The van der Waals surface area contributed by atoms with Crippen LogP contribution in [0.25, 0.3) is 22.3 Å². The lowest BCUT2D eigenvalue weighted by molar-refractivity contribution is 0.631. The number of halogens is 1. The fourth-order valence-electron chi connectivity index (χ4n) is 2.71. The van der Waals surface area contributed by atoms with Crippen LogP contribution in [0.5, 0.6) is 0 Å². The Bertz CT molecular complexity index is 1130.